The summed E-state index contributed by atoms with van der Waals surface area (Å²) in [6.45, 7) is 5.68. The van der Waals surface area contributed by atoms with Gasteiger partial charge in [0.2, 0.25) is 0 Å². The van der Waals surface area contributed by atoms with Crippen LogP contribution in [0.3, 0.4) is 0 Å². The second kappa shape index (κ2) is 2.73. The van der Waals surface area contributed by atoms with Crippen LogP contribution in [0.25, 0.3) is 0 Å². The topological polar surface area (TPSA) is 63.3 Å². The molecular weight excluding hydrogens is 130 g/mol. The second-order valence-corrected chi connectivity index (χ2v) is 3.27. The summed E-state index contributed by atoms with van der Waals surface area (Å²) in [5, 5.41) is 8.35. The van der Waals surface area contributed by atoms with Crippen LogP contribution in [0, 0.1) is 5.41 Å². The van der Waals surface area contributed by atoms with Gasteiger partial charge < -0.3 is 10.8 Å². The van der Waals surface area contributed by atoms with Gasteiger partial charge in [0.25, 0.3) is 0 Å². The number of carboxylic acid groups (broad SMARTS) is 1. The zero-order chi connectivity index (χ0) is 8.36. The second-order valence-electron chi connectivity index (χ2n) is 3.27. The van der Waals surface area contributed by atoms with Gasteiger partial charge >= 0.3 is 5.97 Å². The van der Waals surface area contributed by atoms with Crippen LogP contribution in [-0.2, 0) is 4.79 Å². The van der Waals surface area contributed by atoms with Gasteiger partial charge in [-0.15, -0.1) is 0 Å². The Morgan fingerprint density at radius 2 is 1.90 bits per heavy atom. The van der Waals surface area contributed by atoms with E-state index in [2.05, 4.69) is 0 Å². The normalized spacial score (nSPS) is 13.3. The van der Waals surface area contributed by atoms with Gasteiger partial charge in [0.1, 0.15) is 5.70 Å². The Hall–Kier alpha value is -0.990. The Labute approximate surface area is 60.5 Å². The predicted molar refractivity (Wildman–Crippen MR) is 39.4 cm³/mol. The van der Waals surface area contributed by atoms with E-state index in [0.717, 1.165) is 0 Å². The van der Waals surface area contributed by atoms with E-state index >= 15 is 0 Å². The van der Waals surface area contributed by atoms with E-state index in [9.17, 15) is 4.79 Å². The van der Waals surface area contributed by atoms with Gasteiger partial charge in [0, 0.05) is 0 Å². The van der Waals surface area contributed by atoms with Crippen molar-refractivity contribution >= 4 is 5.97 Å². The van der Waals surface area contributed by atoms with E-state index in [1.165, 1.54) is 6.08 Å². The van der Waals surface area contributed by atoms with Crippen LogP contribution < -0.4 is 5.73 Å². The fourth-order valence-corrected chi connectivity index (χ4v) is 0.528. The first-order valence-corrected chi connectivity index (χ1v) is 3.04. The van der Waals surface area contributed by atoms with Crippen molar-refractivity contribution in [2.75, 3.05) is 0 Å². The molecule has 0 saturated carbocycles. The average molecular weight is 143 g/mol. The van der Waals surface area contributed by atoms with Crippen molar-refractivity contribution in [3.05, 3.63) is 11.8 Å². The minimum Gasteiger partial charge on any atom is -0.477 e. The van der Waals surface area contributed by atoms with E-state index in [0.29, 0.717) is 0 Å². The molecule has 3 heteroatoms. The summed E-state index contributed by atoms with van der Waals surface area (Å²) in [7, 11) is 0. The summed E-state index contributed by atoms with van der Waals surface area (Å²) in [5.41, 5.74) is 4.91. The molecule has 0 rings (SSSR count). The SMILES string of the molecule is CC(C)(C)/C=C(/N)C(=O)O. The Bertz CT molecular complexity index is 165. The van der Waals surface area contributed by atoms with E-state index in [1.807, 2.05) is 20.8 Å². The predicted octanol–water partition coefficient (Wildman–Crippen LogP) is 0.960. The lowest BCUT2D eigenvalue weighted by atomic mass is 9.95. The highest BCUT2D eigenvalue weighted by Gasteiger charge is 2.09. The maximum atomic E-state index is 10.2. The number of hydrogen-bond acceptors (Lipinski definition) is 2. The third kappa shape index (κ3) is 3.95. The molecule has 0 heterocycles. The number of nitrogens with two attached hydrogens (primary N) is 1. The van der Waals surface area contributed by atoms with Crippen LogP contribution in [0.2, 0.25) is 0 Å². The number of rotatable bonds is 1. The lowest BCUT2D eigenvalue weighted by molar-refractivity contribution is -0.132. The smallest absolute Gasteiger partial charge is 0.351 e. The van der Waals surface area contributed by atoms with Crippen LogP contribution in [0.5, 0.6) is 0 Å². The number of aliphatic carboxylic acids is 1. The van der Waals surface area contributed by atoms with Gasteiger partial charge in [0.05, 0.1) is 0 Å². The summed E-state index contributed by atoms with van der Waals surface area (Å²) in [6, 6.07) is 0. The molecule has 0 unspecified atom stereocenters. The molecule has 0 fully saturated rings. The van der Waals surface area contributed by atoms with Crippen LogP contribution in [0.1, 0.15) is 20.8 Å². The molecule has 0 radical (unpaired) electrons. The molecule has 0 amide bonds. The lowest BCUT2D eigenvalue weighted by Crippen LogP contribution is -2.14. The van der Waals surface area contributed by atoms with Gasteiger partial charge in [0.15, 0.2) is 0 Å². The maximum absolute atomic E-state index is 10.2. The quantitative estimate of drug-likeness (QED) is 0.537. The molecule has 0 aromatic rings. The number of carbonyl (C=O) groups is 1. The molecular formula is C7H13NO2. The molecule has 58 valence electrons. The Kier molecular flexibility index (Phi) is 2.46. The van der Waals surface area contributed by atoms with E-state index in [4.69, 9.17) is 10.8 Å². The Balaban J connectivity index is 4.32. The fraction of sp³-hybridized carbons (Fsp3) is 0.571. The zero-order valence-electron chi connectivity index (χ0n) is 6.51. The number of hydrogen-bond donors (Lipinski definition) is 2. The fourth-order valence-electron chi connectivity index (χ4n) is 0.528. The largest absolute Gasteiger partial charge is 0.477 e. The molecule has 0 atom stereocenters. The van der Waals surface area contributed by atoms with E-state index in [1.54, 1.807) is 0 Å². The highest BCUT2D eigenvalue weighted by atomic mass is 16.4. The number of carboxylic acids is 1. The van der Waals surface area contributed by atoms with Crippen molar-refractivity contribution in [3.8, 4) is 0 Å². The molecule has 0 spiro atoms. The molecule has 3 nitrogen and oxygen atoms in total. The first-order valence-electron chi connectivity index (χ1n) is 3.04. The standard InChI is InChI=1S/C7H13NO2/c1-7(2,3)4-5(8)6(9)10/h4H,8H2,1-3H3,(H,9,10)/b5-4+. The van der Waals surface area contributed by atoms with Crippen molar-refractivity contribution in [2.45, 2.75) is 20.8 Å². The average Bonchev–Trinajstić information content (AvgIpc) is 1.60. The molecule has 0 aromatic heterocycles. The summed E-state index contributed by atoms with van der Waals surface area (Å²) < 4.78 is 0. The van der Waals surface area contributed by atoms with Gasteiger partial charge in [-0.3, -0.25) is 0 Å². The molecule has 10 heavy (non-hydrogen) atoms. The van der Waals surface area contributed by atoms with Crippen molar-refractivity contribution in [2.24, 2.45) is 11.1 Å². The Morgan fingerprint density at radius 1 is 1.50 bits per heavy atom. The van der Waals surface area contributed by atoms with Gasteiger partial charge in [-0.05, 0) is 11.5 Å². The molecule has 0 aromatic carbocycles. The molecule has 0 aliphatic rings. The van der Waals surface area contributed by atoms with Crippen LogP contribution in [-0.4, -0.2) is 11.1 Å². The Morgan fingerprint density at radius 3 is 2.00 bits per heavy atom. The molecule has 0 aliphatic carbocycles. The maximum Gasteiger partial charge on any atom is 0.351 e. The summed E-state index contributed by atoms with van der Waals surface area (Å²) in [4.78, 5) is 10.2. The zero-order valence-corrected chi connectivity index (χ0v) is 6.51. The first kappa shape index (κ1) is 9.01. The van der Waals surface area contributed by atoms with Crippen LogP contribution >= 0.6 is 0 Å². The van der Waals surface area contributed by atoms with E-state index in [-0.39, 0.29) is 11.1 Å². The highest BCUT2D eigenvalue weighted by molar-refractivity contribution is 5.85. The van der Waals surface area contributed by atoms with Crippen molar-refractivity contribution < 1.29 is 9.90 Å². The lowest BCUT2D eigenvalue weighted by Gasteiger charge is -2.11. The van der Waals surface area contributed by atoms with Crippen LogP contribution in [0.4, 0.5) is 0 Å². The van der Waals surface area contributed by atoms with Gasteiger partial charge in [-0.1, -0.05) is 20.8 Å². The summed E-state index contributed by atoms with van der Waals surface area (Å²) >= 11 is 0. The third-order valence-corrected chi connectivity index (χ3v) is 0.835. The molecule has 0 saturated heterocycles. The third-order valence-electron chi connectivity index (χ3n) is 0.835. The monoisotopic (exact) mass is 143 g/mol. The minimum absolute atomic E-state index is 0.0903. The van der Waals surface area contributed by atoms with Gasteiger partial charge in [-0.25, -0.2) is 4.79 Å². The highest BCUT2D eigenvalue weighted by Crippen LogP contribution is 2.15. The molecule has 0 aliphatic heterocycles. The number of allylic oxidation sites excluding steroid dienone is 1. The van der Waals surface area contributed by atoms with E-state index < -0.39 is 5.97 Å². The van der Waals surface area contributed by atoms with Gasteiger partial charge in [-0.2, -0.15) is 0 Å². The summed E-state index contributed by atoms with van der Waals surface area (Å²) in [5.74, 6) is -1.06. The summed E-state index contributed by atoms with van der Waals surface area (Å²) in [6.07, 6.45) is 1.52. The minimum atomic E-state index is -1.06. The van der Waals surface area contributed by atoms with Crippen LogP contribution in [0.15, 0.2) is 11.8 Å². The van der Waals surface area contributed by atoms with Crippen molar-refractivity contribution in [1.82, 2.24) is 0 Å². The first-order chi connectivity index (χ1) is 4.33. The van der Waals surface area contributed by atoms with Crippen molar-refractivity contribution in [1.29, 1.82) is 0 Å². The molecule has 3 N–H and O–H groups in total. The van der Waals surface area contributed by atoms with Crippen molar-refractivity contribution in [3.63, 3.8) is 0 Å². The molecule has 0 bridgehead atoms.